The molecule has 3 N–H and O–H groups in total. The standard InChI is InChI=1S/C15H12FN5OS3/c16-9-4-1-2-5-10(9)18-14(23)21-20-12(22)8-24-15-19-11-6-3-7-17-13(11)25-15/h1-7H,8H2,(H,20,22)(H2,18,21,23). The van der Waals surface area contributed by atoms with Crippen molar-refractivity contribution in [2.45, 2.75) is 4.34 Å². The van der Waals surface area contributed by atoms with Crippen LogP contribution in [0.1, 0.15) is 0 Å². The zero-order valence-corrected chi connectivity index (χ0v) is 15.1. The van der Waals surface area contributed by atoms with Gasteiger partial charge >= 0.3 is 0 Å². The molecule has 2 aromatic heterocycles. The van der Waals surface area contributed by atoms with E-state index in [1.54, 1.807) is 24.4 Å². The molecule has 0 atom stereocenters. The minimum Gasteiger partial charge on any atom is -0.329 e. The Balaban J connectivity index is 1.44. The van der Waals surface area contributed by atoms with Crippen LogP contribution in [0, 0.1) is 5.82 Å². The summed E-state index contributed by atoms with van der Waals surface area (Å²) in [5.41, 5.74) is 6.02. The molecule has 0 radical (unpaired) electrons. The molecule has 128 valence electrons. The molecule has 0 aliphatic heterocycles. The van der Waals surface area contributed by atoms with Gasteiger partial charge in [-0.25, -0.2) is 14.4 Å². The largest absolute Gasteiger partial charge is 0.329 e. The van der Waals surface area contributed by atoms with Gasteiger partial charge in [-0.15, -0.1) is 0 Å². The topological polar surface area (TPSA) is 78.9 Å². The number of carbonyl (C=O) groups excluding carboxylic acids is 1. The number of nitrogens with one attached hydrogen (secondary N) is 3. The van der Waals surface area contributed by atoms with Crippen molar-refractivity contribution in [3.63, 3.8) is 0 Å². The molecule has 25 heavy (non-hydrogen) atoms. The lowest BCUT2D eigenvalue weighted by atomic mass is 10.3. The molecule has 3 aromatic rings. The first kappa shape index (κ1) is 17.5. The highest BCUT2D eigenvalue weighted by Gasteiger charge is 2.09. The lowest BCUT2D eigenvalue weighted by molar-refractivity contribution is -0.119. The molecule has 6 nitrogen and oxygen atoms in total. The van der Waals surface area contributed by atoms with Crippen LogP contribution in [0.3, 0.4) is 0 Å². The van der Waals surface area contributed by atoms with Crippen molar-refractivity contribution >= 4 is 62.4 Å². The van der Waals surface area contributed by atoms with Crippen molar-refractivity contribution in [1.82, 2.24) is 20.8 Å². The van der Waals surface area contributed by atoms with Crippen molar-refractivity contribution in [2.24, 2.45) is 0 Å². The van der Waals surface area contributed by atoms with E-state index in [4.69, 9.17) is 12.2 Å². The molecule has 0 fully saturated rings. The van der Waals surface area contributed by atoms with E-state index >= 15 is 0 Å². The van der Waals surface area contributed by atoms with Crippen LogP contribution in [0.5, 0.6) is 0 Å². The van der Waals surface area contributed by atoms with E-state index in [1.165, 1.54) is 29.2 Å². The van der Waals surface area contributed by atoms with Gasteiger partial charge in [-0.2, -0.15) is 0 Å². The van der Waals surface area contributed by atoms with Gasteiger partial charge in [0.1, 0.15) is 16.2 Å². The first-order chi connectivity index (χ1) is 12.1. The Labute approximate surface area is 156 Å². The molecule has 10 heteroatoms. The SMILES string of the molecule is O=C(CSc1nc2cccnc2s1)NNC(=S)Nc1ccccc1F. The number of thiazole rings is 1. The summed E-state index contributed by atoms with van der Waals surface area (Å²) in [6.07, 6.45) is 1.70. The van der Waals surface area contributed by atoms with E-state index < -0.39 is 5.82 Å². The predicted octanol–water partition coefficient (Wildman–Crippen LogP) is 2.94. The number of carbonyl (C=O) groups is 1. The number of nitrogens with zero attached hydrogens (tertiary/aromatic N) is 2. The molecule has 0 saturated heterocycles. The number of hydrogen-bond acceptors (Lipinski definition) is 6. The number of benzene rings is 1. The zero-order valence-electron chi connectivity index (χ0n) is 12.7. The van der Waals surface area contributed by atoms with Crippen LogP contribution >= 0.6 is 35.3 Å². The number of fused-ring (bicyclic) bond motifs is 1. The van der Waals surface area contributed by atoms with Crippen molar-refractivity contribution < 1.29 is 9.18 Å². The van der Waals surface area contributed by atoms with E-state index in [0.29, 0.717) is 0 Å². The summed E-state index contributed by atoms with van der Waals surface area (Å²) in [4.78, 5) is 21.3. The minimum atomic E-state index is -0.432. The molecule has 0 saturated carbocycles. The van der Waals surface area contributed by atoms with Crippen LogP contribution in [0.2, 0.25) is 0 Å². The van der Waals surface area contributed by atoms with Gasteiger partial charge < -0.3 is 5.32 Å². The lowest BCUT2D eigenvalue weighted by Crippen LogP contribution is -2.44. The van der Waals surface area contributed by atoms with Crippen LogP contribution in [-0.4, -0.2) is 26.7 Å². The number of hydrazine groups is 1. The number of para-hydroxylation sites is 1. The number of amides is 1. The Kier molecular flexibility index (Phi) is 5.74. The third kappa shape index (κ3) is 4.84. The van der Waals surface area contributed by atoms with Crippen molar-refractivity contribution in [1.29, 1.82) is 0 Å². The second-order valence-corrected chi connectivity index (χ2v) is 7.31. The maximum absolute atomic E-state index is 13.5. The van der Waals surface area contributed by atoms with Gasteiger partial charge in [0.15, 0.2) is 9.45 Å². The maximum Gasteiger partial charge on any atom is 0.248 e. The predicted molar refractivity (Wildman–Crippen MR) is 102 cm³/mol. The minimum absolute atomic E-state index is 0.0904. The summed E-state index contributed by atoms with van der Waals surface area (Å²) in [7, 11) is 0. The molecule has 0 aliphatic carbocycles. The number of hydrogen-bond donors (Lipinski definition) is 3. The Morgan fingerprint density at radius 3 is 2.88 bits per heavy atom. The van der Waals surface area contributed by atoms with Crippen molar-refractivity contribution in [2.75, 3.05) is 11.1 Å². The number of halogens is 1. The van der Waals surface area contributed by atoms with Crippen molar-refractivity contribution in [3.05, 3.63) is 48.4 Å². The first-order valence-corrected chi connectivity index (χ1v) is 9.27. The highest BCUT2D eigenvalue weighted by atomic mass is 32.2. The normalized spacial score (nSPS) is 10.4. The Morgan fingerprint density at radius 1 is 1.24 bits per heavy atom. The van der Waals surface area contributed by atoms with E-state index in [-0.39, 0.29) is 22.5 Å². The summed E-state index contributed by atoms with van der Waals surface area (Å²) >= 11 is 7.74. The van der Waals surface area contributed by atoms with Crippen LogP contribution in [0.4, 0.5) is 10.1 Å². The van der Waals surface area contributed by atoms with Crippen LogP contribution < -0.4 is 16.2 Å². The number of thiocarbonyl (C=S) groups is 1. The lowest BCUT2D eigenvalue weighted by Gasteiger charge is -2.11. The first-order valence-electron chi connectivity index (χ1n) is 7.06. The second kappa shape index (κ2) is 8.19. The van der Waals surface area contributed by atoms with Gasteiger partial charge in [-0.3, -0.25) is 15.6 Å². The zero-order chi connectivity index (χ0) is 17.6. The Bertz CT molecular complexity index is 884. The average molecular weight is 393 g/mol. The third-order valence-electron chi connectivity index (χ3n) is 2.91. The average Bonchev–Trinajstić information content (AvgIpc) is 3.03. The maximum atomic E-state index is 13.5. The number of thioether (sulfide) groups is 1. The third-order valence-corrected chi connectivity index (χ3v) is 5.24. The number of pyridine rings is 1. The summed E-state index contributed by atoms with van der Waals surface area (Å²) < 4.78 is 14.3. The monoisotopic (exact) mass is 393 g/mol. The van der Waals surface area contributed by atoms with E-state index in [9.17, 15) is 9.18 Å². The summed E-state index contributed by atoms with van der Waals surface area (Å²) in [5.74, 6) is -0.553. The fourth-order valence-electron chi connectivity index (χ4n) is 1.82. The molecule has 0 spiro atoms. The molecular weight excluding hydrogens is 381 g/mol. The molecule has 1 amide bonds. The van der Waals surface area contributed by atoms with Crippen LogP contribution in [0.15, 0.2) is 46.9 Å². The smallest absolute Gasteiger partial charge is 0.248 e. The molecule has 0 aliphatic rings. The van der Waals surface area contributed by atoms with Crippen LogP contribution in [0.25, 0.3) is 10.3 Å². The van der Waals surface area contributed by atoms with Crippen LogP contribution in [-0.2, 0) is 4.79 Å². The van der Waals surface area contributed by atoms with E-state index in [0.717, 1.165) is 14.7 Å². The highest BCUT2D eigenvalue weighted by Crippen LogP contribution is 2.27. The van der Waals surface area contributed by atoms with Crippen molar-refractivity contribution in [3.8, 4) is 0 Å². The molecular formula is C15H12FN5OS3. The van der Waals surface area contributed by atoms with Gasteiger partial charge in [-0.05, 0) is 36.5 Å². The van der Waals surface area contributed by atoms with E-state index in [2.05, 4.69) is 26.1 Å². The number of rotatable bonds is 4. The summed E-state index contributed by atoms with van der Waals surface area (Å²) in [6, 6.07) is 9.80. The van der Waals surface area contributed by atoms with E-state index in [1.807, 2.05) is 12.1 Å². The fraction of sp³-hybridized carbons (Fsp3) is 0.0667. The molecule has 0 bridgehead atoms. The number of anilines is 1. The second-order valence-electron chi connectivity index (χ2n) is 4.70. The fourth-order valence-corrected chi connectivity index (χ4v) is 3.76. The summed E-state index contributed by atoms with van der Waals surface area (Å²) in [6.45, 7) is 0. The van der Waals surface area contributed by atoms with Gasteiger partial charge in [0.25, 0.3) is 0 Å². The van der Waals surface area contributed by atoms with Gasteiger partial charge in [0.2, 0.25) is 5.91 Å². The molecule has 0 unspecified atom stereocenters. The molecule has 3 rings (SSSR count). The highest BCUT2D eigenvalue weighted by molar-refractivity contribution is 8.01. The Hall–Kier alpha value is -2.30. The number of aromatic nitrogens is 2. The molecule has 1 aromatic carbocycles. The van der Waals surface area contributed by atoms with Gasteiger partial charge in [0.05, 0.1) is 11.4 Å². The molecule has 2 heterocycles. The van der Waals surface area contributed by atoms with Gasteiger partial charge in [0, 0.05) is 6.20 Å². The van der Waals surface area contributed by atoms with Gasteiger partial charge in [-0.1, -0.05) is 35.2 Å². The summed E-state index contributed by atoms with van der Waals surface area (Å²) in [5, 5.41) is 2.75. The quantitative estimate of drug-likeness (QED) is 0.357. The Morgan fingerprint density at radius 2 is 2.08 bits per heavy atom.